The van der Waals surface area contributed by atoms with Crippen LogP contribution in [0.4, 0.5) is 5.00 Å². The number of aromatic nitrogens is 3. The SMILES string of the molecule is CCOC(c1noc(-c2c(C)nsc2N)n1)C(C)(C)C. The second-order valence-corrected chi connectivity index (χ2v) is 6.47. The molecule has 0 radical (unpaired) electrons. The van der Waals surface area contributed by atoms with Crippen molar-refractivity contribution in [3.05, 3.63) is 11.5 Å². The number of rotatable bonds is 4. The minimum absolute atomic E-state index is 0.120. The number of hydrogen-bond donors (Lipinski definition) is 1. The van der Waals surface area contributed by atoms with Crippen LogP contribution in [0.25, 0.3) is 11.5 Å². The van der Waals surface area contributed by atoms with E-state index in [-0.39, 0.29) is 11.5 Å². The Kier molecular flexibility index (Phi) is 4.10. The standard InChI is InChI=1S/C13H20N4O2S/c1-6-18-9(13(3,4)5)11-15-12(19-16-11)8-7(2)17-20-10(8)14/h9H,6,14H2,1-5H3. The zero-order valence-electron chi connectivity index (χ0n) is 12.4. The fourth-order valence-corrected chi connectivity index (χ4v) is 2.62. The molecule has 20 heavy (non-hydrogen) atoms. The summed E-state index contributed by atoms with van der Waals surface area (Å²) in [5, 5.41) is 4.63. The van der Waals surface area contributed by atoms with Gasteiger partial charge in [0.05, 0.1) is 11.3 Å². The normalized spacial score (nSPS) is 13.7. The van der Waals surface area contributed by atoms with Crippen molar-refractivity contribution in [2.24, 2.45) is 5.41 Å². The van der Waals surface area contributed by atoms with E-state index in [1.165, 1.54) is 11.5 Å². The van der Waals surface area contributed by atoms with Gasteiger partial charge < -0.3 is 15.0 Å². The molecule has 7 heteroatoms. The van der Waals surface area contributed by atoms with Gasteiger partial charge in [-0.05, 0) is 30.8 Å². The van der Waals surface area contributed by atoms with Crippen LogP contribution in [-0.2, 0) is 4.74 Å². The summed E-state index contributed by atoms with van der Waals surface area (Å²) >= 11 is 1.23. The predicted molar refractivity (Wildman–Crippen MR) is 78.4 cm³/mol. The fraction of sp³-hybridized carbons (Fsp3) is 0.615. The second kappa shape index (κ2) is 5.49. The molecule has 0 amide bonds. The minimum atomic E-state index is -0.224. The molecule has 0 spiro atoms. The van der Waals surface area contributed by atoms with Crippen LogP contribution in [-0.4, -0.2) is 21.1 Å². The topological polar surface area (TPSA) is 87.1 Å². The second-order valence-electron chi connectivity index (χ2n) is 5.67. The number of aryl methyl sites for hydroxylation is 1. The Bertz CT molecular complexity index is 566. The van der Waals surface area contributed by atoms with Crippen LogP contribution < -0.4 is 5.73 Å². The lowest BCUT2D eigenvalue weighted by Crippen LogP contribution is -2.22. The van der Waals surface area contributed by atoms with Crippen LogP contribution in [0.5, 0.6) is 0 Å². The number of nitrogen functional groups attached to an aromatic ring is 1. The van der Waals surface area contributed by atoms with Crippen LogP contribution in [0.15, 0.2) is 4.52 Å². The number of ether oxygens (including phenoxy) is 1. The van der Waals surface area contributed by atoms with Gasteiger partial charge in [-0.3, -0.25) is 0 Å². The van der Waals surface area contributed by atoms with E-state index in [2.05, 4.69) is 35.3 Å². The van der Waals surface area contributed by atoms with Crippen molar-refractivity contribution in [2.45, 2.75) is 40.7 Å². The monoisotopic (exact) mass is 296 g/mol. The highest BCUT2D eigenvalue weighted by molar-refractivity contribution is 7.10. The first-order chi connectivity index (χ1) is 9.34. The molecule has 110 valence electrons. The van der Waals surface area contributed by atoms with E-state index in [4.69, 9.17) is 15.0 Å². The third-order valence-corrected chi connectivity index (χ3v) is 3.67. The highest BCUT2D eigenvalue weighted by Gasteiger charge is 2.32. The van der Waals surface area contributed by atoms with Crippen LogP contribution in [0.3, 0.4) is 0 Å². The molecule has 0 aliphatic rings. The quantitative estimate of drug-likeness (QED) is 0.932. The number of nitrogens with zero attached hydrogens (tertiary/aromatic N) is 3. The van der Waals surface area contributed by atoms with Crippen LogP contribution >= 0.6 is 11.5 Å². The van der Waals surface area contributed by atoms with Crippen molar-refractivity contribution in [3.63, 3.8) is 0 Å². The summed E-state index contributed by atoms with van der Waals surface area (Å²) in [4.78, 5) is 4.44. The Morgan fingerprint density at radius 3 is 2.60 bits per heavy atom. The van der Waals surface area contributed by atoms with Gasteiger partial charge in [-0.25, -0.2) is 0 Å². The van der Waals surface area contributed by atoms with Crippen LogP contribution in [0, 0.1) is 12.3 Å². The third-order valence-electron chi connectivity index (χ3n) is 2.90. The van der Waals surface area contributed by atoms with Crippen LogP contribution in [0.2, 0.25) is 0 Å². The van der Waals surface area contributed by atoms with E-state index in [0.29, 0.717) is 23.3 Å². The first-order valence-electron chi connectivity index (χ1n) is 6.52. The van der Waals surface area contributed by atoms with E-state index in [1.54, 1.807) is 0 Å². The van der Waals surface area contributed by atoms with Gasteiger partial charge in [0.15, 0.2) is 0 Å². The average molecular weight is 296 g/mol. The van der Waals surface area contributed by atoms with Crippen LogP contribution in [0.1, 0.15) is 45.3 Å². The van der Waals surface area contributed by atoms with Gasteiger partial charge in [-0.1, -0.05) is 25.9 Å². The molecule has 1 unspecified atom stereocenters. The van der Waals surface area contributed by atoms with Gasteiger partial charge in [0, 0.05) is 6.61 Å². The minimum Gasteiger partial charge on any atom is -0.389 e. The lowest BCUT2D eigenvalue weighted by atomic mass is 9.88. The van der Waals surface area contributed by atoms with E-state index in [9.17, 15) is 0 Å². The molecule has 0 aliphatic heterocycles. The van der Waals surface area contributed by atoms with Gasteiger partial charge in [-0.2, -0.15) is 9.36 Å². The number of anilines is 1. The summed E-state index contributed by atoms with van der Waals surface area (Å²) in [5.41, 5.74) is 7.30. The van der Waals surface area contributed by atoms with Gasteiger partial charge in [0.2, 0.25) is 5.82 Å². The third kappa shape index (κ3) is 2.83. The Morgan fingerprint density at radius 1 is 1.40 bits per heavy atom. The number of hydrogen-bond acceptors (Lipinski definition) is 7. The van der Waals surface area contributed by atoms with Gasteiger partial charge in [-0.15, -0.1) is 0 Å². The molecule has 0 fully saturated rings. The molecule has 2 N–H and O–H groups in total. The Labute approximate surface area is 122 Å². The molecule has 0 saturated carbocycles. The highest BCUT2D eigenvalue weighted by atomic mass is 32.1. The van der Waals surface area contributed by atoms with Gasteiger partial charge in [0.25, 0.3) is 5.89 Å². The molecule has 0 aliphatic carbocycles. The highest BCUT2D eigenvalue weighted by Crippen LogP contribution is 2.37. The van der Waals surface area contributed by atoms with Crippen molar-refractivity contribution >= 4 is 16.5 Å². The van der Waals surface area contributed by atoms with Gasteiger partial charge >= 0.3 is 0 Å². The summed E-state index contributed by atoms with van der Waals surface area (Å²) in [6, 6.07) is 0. The molecule has 2 aromatic rings. The first-order valence-corrected chi connectivity index (χ1v) is 7.29. The zero-order chi connectivity index (χ0) is 14.9. The van der Waals surface area contributed by atoms with Crippen molar-refractivity contribution in [1.82, 2.24) is 14.5 Å². The average Bonchev–Trinajstić information content (AvgIpc) is 2.92. The Hall–Kier alpha value is -1.47. The van der Waals surface area contributed by atoms with E-state index >= 15 is 0 Å². The Balaban J connectivity index is 2.37. The lowest BCUT2D eigenvalue weighted by Gasteiger charge is -2.27. The predicted octanol–water partition coefficient (Wildman–Crippen LogP) is 3.21. The zero-order valence-corrected chi connectivity index (χ0v) is 13.2. The smallest absolute Gasteiger partial charge is 0.262 e. The largest absolute Gasteiger partial charge is 0.389 e. The molecular formula is C13H20N4O2S. The molecule has 2 heterocycles. The molecule has 2 aromatic heterocycles. The molecule has 2 rings (SSSR count). The van der Waals surface area contributed by atoms with Gasteiger partial charge in [0.1, 0.15) is 11.1 Å². The van der Waals surface area contributed by atoms with Crippen molar-refractivity contribution < 1.29 is 9.26 Å². The van der Waals surface area contributed by atoms with E-state index < -0.39 is 0 Å². The molecule has 0 bridgehead atoms. The van der Waals surface area contributed by atoms with E-state index in [1.807, 2.05) is 13.8 Å². The molecule has 0 saturated heterocycles. The summed E-state index contributed by atoms with van der Waals surface area (Å²) in [6.45, 7) is 10.6. The van der Waals surface area contributed by atoms with Crippen molar-refractivity contribution in [1.29, 1.82) is 0 Å². The summed E-state index contributed by atoms with van der Waals surface area (Å²) in [6.07, 6.45) is -0.224. The molecule has 6 nitrogen and oxygen atoms in total. The summed E-state index contributed by atoms with van der Waals surface area (Å²) < 4.78 is 15.3. The molecule has 0 aromatic carbocycles. The maximum Gasteiger partial charge on any atom is 0.262 e. The Morgan fingerprint density at radius 2 is 2.10 bits per heavy atom. The molecular weight excluding hydrogens is 276 g/mol. The summed E-state index contributed by atoms with van der Waals surface area (Å²) in [7, 11) is 0. The van der Waals surface area contributed by atoms with E-state index in [0.717, 1.165) is 11.3 Å². The fourth-order valence-electron chi connectivity index (χ4n) is 1.97. The summed E-state index contributed by atoms with van der Waals surface area (Å²) in [5.74, 6) is 0.942. The first kappa shape index (κ1) is 14.9. The van der Waals surface area contributed by atoms with Crippen molar-refractivity contribution in [3.8, 4) is 11.5 Å². The van der Waals surface area contributed by atoms with Crippen molar-refractivity contribution in [2.75, 3.05) is 12.3 Å². The lowest BCUT2D eigenvalue weighted by molar-refractivity contribution is -0.0203. The maximum atomic E-state index is 5.90. The molecule has 1 atom stereocenters. The number of nitrogens with two attached hydrogens (primary N) is 1. The maximum absolute atomic E-state index is 5.90.